The molecule has 1 N–H and O–H groups in total. The number of aryl methyl sites for hydroxylation is 1. The molecule has 0 saturated carbocycles. The van der Waals surface area contributed by atoms with Gasteiger partial charge in [-0.2, -0.15) is 0 Å². The van der Waals surface area contributed by atoms with E-state index in [1.807, 2.05) is 4.57 Å². The summed E-state index contributed by atoms with van der Waals surface area (Å²) in [7, 11) is 0. The molecule has 21 heavy (non-hydrogen) atoms. The van der Waals surface area contributed by atoms with E-state index in [1.54, 1.807) is 12.4 Å². The van der Waals surface area contributed by atoms with E-state index in [4.69, 9.17) is 5.11 Å². The normalized spacial score (nSPS) is 14.3. The van der Waals surface area contributed by atoms with E-state index in [-0.39, 0.29) is 0 Å². The number of halogens is 1. The topological polar surface area (TPSA) is 55.1 Å². The largest absolute Gasteiger partial charge is 0.478 e. The number of carboxylic acid groups (broad SMARTS) is 1. The predicted molar refractivity (Wildman–Crippen MR) is 76.8 cm³/mol. The third-order valence-corrected chi connectivity index (χ3v) is 3.68. The summed E-state index contributed by atoms with van der Waals surface area (Å²) in [6, 6.07) is 4.38. The molecule has 0 aliphatic heterocycles. The van der Waals surface area contributed by atoms with Gasteiger partial charge in [0.25, 0.3) is 0 Å². The van der Waals surface area contributed by atoms with Crippen LogP contribution >= 0.6 is 0 Å². The highest BCUT2D eigenvalue weighted by Gasteiger charge is 2.17. The number of fused-ring (bicyclic) bond motifs is 1. The Labute approximate surface area is 121 Å². The molecule has 0 saturated heterocycles. The first-order valence-electron chi connectivity index (χ1n) is 6.91. The molecule has 4 nitrogen and oxygen atoms in total. The van der Waals surface area contributed by atoms with Crippen LogP contribution in [0.2, 0.25) is 0 Å². The van der Waals surface area contributed by atoms with E-state index in [2.05, 4.69) is 4.98 Å². The second kappa shape index (κ2) is 5.52. The molecule has 1 heterocycles. The first-order valence-corrected chi connectivity index (χ1v) is 6.91. The van der Waals surface area contributed by atoms with Crippen molar-refractivity contribution in [2.75, 3.05) is 0 Å². The Balaban J connectivity index is 2.09. The second-order valence-corrected chi connectivity index (χ2v) is 5.09. The van der Waals surface area contributed by atoms with Crippen LogP contribution < -0.4 is 0 Å². The minimum Gasteiger partial charge on any atom is -0.478 e. The van der Waals surface area contributed by atoms with Crippen LogP contribution in [0.3, 0.4) is 0 Å². The maximum absolute atomic E-state index is 13.4. The zero-order chi connectivity index (χ0) is 14.8. The van der Waals surface area contributed by atoms with Crippen molar-refractivity contribution in [2.24, 2.45) is 0 Å². The molecule has 0 fully saturated rings. The summed E-state index contributed by atoms with van der Waals surface area (Å²) < 4.78 is 15.4. The summed E-state index contributed by atoms with van der Waals surface area (Å²) in [6.45, 7) is 0. The van der Waals surface area contributed by atoms with Gasteiger partial charge in [0.15, 0.2) is 0 Å². The Morgan fingerprint density at radius 3 is 2.95 bits per heavy atom. The van der Waals surface area contributed by atoms with E-state index in [1.165, 1.54) is 18.2 Å². The average Bonchev–Trinajstić information content (AvgIpc) is 2.89. The lowest BCUT2D eigenvalue weighted by atomic mass is 10.0. The van der Waals surface area contributed by atoms with Gasteiger partial charge in [-0.05, 0) is 50.0 Å². The molecule has 0 bridgehead atoms. The van der Waals surface area contributed by atoms with E-state index < -0.39 is 11.8 Å². The quantitative estimate of drug-likeness (QED) is 0.882. The number of hydrogen-bond acceptors (Lipinski definition) is 2. The number of aliphatic carboxylic acids is 1. The smallest absolute Gasteiger partial charge is 0.328 e. The molecular formula is C16H15FN2O2. The molecule has 1 aliphatic rings. The zero-order valence-electron chi connectivity index (χ0n) is 11.4. The van der Waals surface area contributed by atoms with Gasteiger partial charge in [-0.25, -0.2) is 14.2 Å². The summed E-state index contributed by atoms with van der Waals surface area (Å²) in [5.74, 6) is -1.45. The van der Waals surface area contributed by atoms with Crippen LogP contribution in [0.5, 0.6) is 0 Å². The van der Waals surface area contributed by atoms with E-state index in [9.17, 15) is 9.18 Å². The van der Waals surface area contributed by atoms with E-state index in [0.29, 0.717) is 5.56 Å². The van der Waals surface area contributed by atoms with Gasteiger partial charge in [0.05, 0.1) is 17.7 Å². The van der Waals surface area contributed by atoms with Gasteiger partial charge in [-0.3, -0.25) is 0 Å². The summed E-state index contributed by atoms with van der Waals surface area (Å²) in [5, 5.41) is 8.76. The van der Waals surface area contributed by atoms with Crippen molar-refractivity contribution in [2.45, 2.75) is 25.7 Å². The van der Waals surface area contributed by atoms with Crippen molar-refractivity contribution in [3.05, 3.63) is 53.4 Å². The van der Waals surface area contributed by atoms with Crippen molar-refractivity contribution in [3.63, 3.8) is 0 Å². The fourth-order valence-corrected chi connectivity index (χ4v) is 2.72. The maximum Gasteiger partial charge on any atom is 0.328 e. The van der Waals surface area contributed by atoms with Gasteiger partial charge in [-0.15, -0.1) is 0 Å². The van der Waals surface area contributed by atoms with Crippen LogP contribution in [-0.4, -0.2) is 20.6 Å². The van der Waals surface area contributed by atoms with Gasteiger partial charge >= 0.3 is 5.97 Å². The number of nitrogens with zero attached hydrogens (tertiary/aromatic N) is 2. The third-order valence-electron chi connectivity index (χ3n) is 3.68. The minimum atomic E-state index is -1.06. The van der Waals surface area contributed by atoms with Crippen molar-refractivity contribution in [1.82, 2.24) is 9.55 Å². The fraction of sp³-hybridized carbons (Fsp3) is 0.250. The molecule has 0 atom stereocenters. The number of benzene rings is 1. The lowest BCUT2D eigenvalue weighted by molar-refractivity contribution is -0.131. The molecule has 5 heteroatoms. The van der Waals surface area contributed by atoms with Crippen molar-refractivity contribution in [3.8, 4) is 5.69 Å². The van der Waals surface area contributed by atoms with Gasteiger partial charge in [0.1, 0.15) is 5.82 Å². The Morgan fingerprint density at radius 1 is 1.33 bits per heavy atom. The molecule has 2 aromatic rings. The van der Waals surface area contributed by atoms with Gasteiger partial charge in [-0.1, -0.05) is 0 Å². The first-order chi connectivity index (χ1) is 10.1. The van der Waals surface area contributed by atoms with Crippen molar-refractivity contribution >= 4 is 12.0 Å². The molecule has 3 rings (SSSR count). The molecule has 0 unspecified atom stereocenters. The van der Waals surface area contributed by atoms with Gasteiger partial charge < -0.3 is 9.67 Å². The van der Waals surface area contributed by atoms with Crippen LogP contribution in [0.25, 0.3) is 11.8 Å². The monoisotopic (exact) mass is 286 g/mol. The Hall–Kier alpha value is -2.43. The lowest BCUT2D eigenvalue weighted by Gasteiger charge is -2.15. The number of imidazole rings is 1. The first kappa shape index (κ1) is 13.5. The predicted octanol–water partition coefficient (Wildman–Crippen LogP) is 2.99. The van der Waals surface area contributed by atoms with Crippen LogP contribution in [-0.2, 0) is 17.6 Å². The van der Waals surface area contributed by atoms with Gasteiger partial charge in [0, 0.05) is 17.3 Å². The third kappa shape index (κ3) is 2.72. The molecule has 1 aliphatic carbocycles. The number of carboxylic acids is 1. The maximum atomic E-state index is 13.4. The number of hydrogen-bond donors (Lipinski definition) is 1. The molecule has 0 amide bonds. The molecule has 1 aromatic carbocycles. The zero-order valence-corrected chi connectivity index (χ0v) is 11.4. The summed E-state index contributed by atoms with van der Waals surface area (Å²) in [4.78, 5) is 15.1. The molecule has 0 spiro atoms. The molecular weight excluding hydrogens is 271 g/mol. The number of carbonyl (C=O) groups is 1. The second-order valence-electron chi connectivity index (χ2n) is 5.09. The highest BCUT2D eigenvalue weighted by atomic mass is 19.1. The fourth-order valence-electron chi connectivity index (χ4n) is 2.72. The average molecular weight is 286 g/mol. The van der Waals surface area contributed by atoms with Crippen molar-refractivity contribution in [1.29, 1.82) is 0 Å². The SMILES string of the molecule is O=C(O)/C=C/c1cc(F)ccc1-n1cnc2c1CCCC2. The number of aromatic nitrogens is 2. The van der Waals surface area contributed by atoms with Crippen LogP contribution in [0.1, 0.15) is 29.8 Å². The Morgan fingerprint density at radius 2 is 2.14 bits per heavy atom. The lowest BCUT2D eigenvalue weighted by Crippen LogP contribution is -2.08. The molecule has 1 aromatic heterocycles. The van der Waals surface area contributed by atoms with E-state index >= 15 is 0 Å². The Bertz CT molecular complexity index is 719. The molecule has 108 valence electrons. The number of rotatable bonds is 3. The summed E-state index contributed by atoms with van der Waals surface area (Å²) in [6.07, 6.45) is 8.32. The van der Waals surface area contributed by atoms with Crippen LogP contribution in [0.4, 0.5) is 4.39 Å². The minimum absolute atomic E-state index is 0.391. The Kier molecular flexibility index (Phi) is 3.56. The van der Waals surface area contributed by atoms with Gasteiger partial charge in [0.2, 0.25) is 0 Å². The summed E-state index contributed by atoms with van der Waals surface area (Å²) in [5.41, 5.74) is 3.50. The standard InChI is InChI=1S/C16H15FN2O2/c17-12-6-7-14(11(9-12)5-8-16(20)21)19-10-18-13-3-1-2-4-15(13)19/h5-10H,1-4H2,(H,20,21)/b8-5+. The summed E-state index contributed by atoms with van der Waals surface area (Å²) >= 11 is 0. The molecule has 0 radical (unpaired) electrons. The highest BCUT2D eigenvalue weighted by Crippen LogP contribution is 2.26. The van der Waals surface area contributed by atoms with E-state index in [0.717, 1.165) is 48.8 Å². The highest BCUT2D eigenvalue weighted by molar-refractivity contribution is 5.86. The van der Waals surface area contributed by atoms with Crippen molar-refractivity contribution < 1.29 is 14.3 Å². The van der Waals surface area contributed by atoms with Crippen LogP contribution in [0.15, 0.2) is 30.6 Å². The van der Waals surface area contributed by atoms with Crippen LogP contribution in [0, 0.1) is 5.82 Å².